The lowest BCUT2D eigenvalue weighted by Crippen LogP contribution is -2.07. The summed E-state index contributed by atoms with van der Waals surface area (Å²) in [4.78, 5) is 11.4. The fourth-order valence-corrected chi connectivity index (χ4v) is 2.55. The van der Waals surface area contributed by atoms with E-state index in [0.29, 0.717) is 12.0 Å². The van der Waals surface area contributed by atoms with Gasteiger partial charge in [0.25, 0.3) is 0 Å². The van der Waals surface area contributed by atoms with Crippen LogP contribution in [0.4, 0.5) is 0 Å². The van der Waals surface area contributed by atoms with E-state index in [1.165, 1.54) is 18.4 Å². The number of rotatable bonds is 6. The highest BCUT2D eigenvalue weighted by atomic mass is 16.5. The number of hydrogen-bond acceptors (Lipinski definition) is 2. The maximum atomic E-state index is 11.4. The van der Waals surface area contributed by atoms with Crippen molar-refractivity contribution in [3.63, 3.8) is 0 Å². The first-order valence-corrected chi connectivity index (χ1v) is 7.87. The van der Waals surface area contributed by atoms with Crippen molar-refractivity contribution in [2.45, 2.75) is 66.7 Å². The second kappa shape index (κ2) is 7.66. The molecule has 1 unspecified atom stereocenters. The summed E-state index contributed by atoms with van der Waals surface area (Å²) in [5, 5.41) is 0. The summed E-state index contributed by atoms with van der Waals surface area (Å²) in [5.41, 5.74) is 3.04. The fourth-order valence-electron chi connectivity index (χ4n) is 2.55. The van der Waals surface area contributed by atoms with Gasteiger partial charge in [0.15, 0.2) is 0 Å². The lowest BCUT2D eigenvalue weighted by atomic mass is 9.85. The van der Waals surface area contributed by atoms with Gasteiger partial charge in [-0.05, 0) is 55.9 Å². The number of ether oxygens (including phenoxy) is 1. The zero-order valence-corrected chi connectivity index (χ0v) is 13.8. The van der Waals surface area contributed by atoms with E-state index in [1.54, 1.807) is 6.08 Å². The van der Waals surface area contributed by atoms with Crippen LogP contribution >= 0.6 is 0 Å². The molecule has 0 fully saturated rings. The van der Waals surface area contributed by atoms with Crippen LogP contribution < -0.4 is 0 Å². The van der Waals surface area contributed by atoms with E-state index in [2.05, 4.69) is 33.8 Å². The Kier molecular flexibility index (Phi) is 6.51. The quantitative estimate of drug-likeness (QED) is 0.502. The molecular formula is C18H30O2. The van der Waals surface area contributed by atoms with Crippen molar-refractivity contribution < 1.29 is 9.53 Å². The van der Waals surface area contributed by atoms with E-state index < -0.39 is 0 Å². The summed E-state index contributed by atoms with van der Waals surface area (Å²) < 4.78 is 4.95. The third kappa shape index (κ3) is 6.93. The van der Waals surface area contributed by atoms with Gasteiger partial charge in [-0.1, -0.05) is 39.3 Å². The smallest absolute Gasteiger partial charge is 0.331 e. The average molecular weight is 278 g/mol. The first kappa shape index (κ1) is 17.0. The largest absolute Gasteiger partial charge is 0.463 e. The lowest BCUT2D eigenvalue weighted by molar-refractivity contribution is -0.137. The third-order valence-electron chi connectivity index (χ3n) is 3.71. The number of carbonyl (C=O) groups is 1. The molecule has 1 aliphatic rings. The number of allylic oxidation sites excluding steroid dienone is 3. The summed E-state index contributed by atoms with van der Waals surface area (Å²) in [6.07, 6.45) is 9.65. The zero-order chi connectivity index (χ0) is 15.2. The Bertz CT molecular complexity index is 383. The molecule has 0 aromatic rings. The van der Waals surface area contributed by atoms with Gasteiger partial charge >= 0.3 is 5.97 Å². The minimum Gasteiger partial charge on any atom is -0.463 e. The Balaban J connectivity index is 2.43. The minimum absolute atomic E-state index is 0.208. The van der Waals surface area contributed by atoms with E-state index in [9.17, 15) is 4.79 Å². The Morgan fingerprint density at radius 2 is 2.10 bits per heavy atom. The van der Waals surface area contributed by atoms with Crippen LogP contribution in [0.2, 0.25) is 0 Å². The molecule has 0 saturated carbocycles. The molecule has 0 aromatic carbocycles. The summed E-state index contributed by atoms with van der Waals surface area (Å²) in [5.74, 6) is 0.517. The normalized spacial score (nSPS) is 19.1. The Morgan fingerprint density at radius 1 is 1.40 bits per heavy atom. The maximum Gasteiger partial charge on any atom is 0.331 e. The molecule has 0 spiro atoms. The molecule has 0 heterocycles. The highest BCUT2D eigenvalue weighted by molar-refractivity contribution is 5.83. The SMILES string of the molecule is CCOC(=O)C=C1C=C(CC(C)CCC(C)(C)C)CC1. The first-order valence-electron chi connectivity index (χ1n) is 7.87. The van der Waals surface area contributed by atoms with Gasteiger partial charge in [0.05, 0.1) is 6.61 Å². The maximum absolute atomic E-state index is 11.4. The summed E-state index contributed by atoms with van der Waals surface area (Å²) in [6.45, 7) is 11.5. The van der Waals surface area contributed by atoms with E-state index >= 15 is 0 Å². The zero-order valence-electron chi connectivity index (χ0n) is 13.8. The highest BCUT2D eigenvalue weighted by Crippen LogP contribution is 2.31. The van der Waals surface area contributed by atoms with Crippen molar-refractivity contribution in [1.29, 1.82) is 0 Å². The summed E-state index contributed by atoms with van der Waals surface area (Å²) in [7, 11) is 0. The predicted octanol–water partition coefficient (Wildman–Crippen LogP) is 5.05. The summed E-state index contributed by atoms with van der Waals surface area (Å²) in [6, 6.07) is 0. The molecule has 0 aromatic heterocycles. The van der Waals surface area contributed by atoms with Crippen molar-refractivity contribution >= 4 is 5.97 Å². The van der Waals surface area contributed by atoms with Gasteiger partial charge in [0, 0.05) is 6.08 Å². The van der Waals surface area contributed by atoms with E-state index in [-0.39, 0.29) is 5.97 Å². The lowest BCUT2D eigenvalue weighted by Gasteiger charge is -2.21. The molecule has 0 radical (unpaired) electrons. The van der Waals surface area contributed by atoms with Crippen LogP contribution in [0.25, 0.3) is 0 Å². The van der Waals surface area contributed by atoms with Gasteiger partial charge in [-0.15, -0.1) is 0 Å². The van der Waals surface area contributed by atoms with Crippen molar-refractivity contribution in [3.05, 3.63) is 23.3 Å². The molecule has 1 atom stereocenters. The van der Waals surface area contributed by atoms with E-state index in [1.807, 2.05) is 6.92 Å². The van der Waals surface area contributed by atoms with Crippen LogP contribution in [0.1, 0.15) is 66.7 Å². The molecule has 1 aliphatic carbocycles. The van der Waals surface area contributed by atoms with E-state index in [0.717, 1.165) is 30.8 Å². The molecule has 1 rings (SSSR count). The molecule has 20 heavy (non-hydrogen) atoms. The van der Waals surface area contributed by atoms with Crippen molar-refractivity contribution in [2.75, 3.05) is 6.61 Å². The van der Waals surface area contributed by atoms with Crippen molar-refractivity contribution in [3.8, 4) is 0 Å². The Morgan fingerprint density at radius 3 is 2.70 bits per heavy atom. The molecular weight excluding hydrogens is 248 g/mol. The summed E-state index contributed by atoms with van der Waals surface area (Å²) >= 11 is 0. The number of esters is 1. The monoisotopic (exact) mass is 278 g/mol. The van der Waals surface area contributed by atoms with Gasteiger partial charge in [0.2, 0.25) is 0 Å². The molecule has 0 N–H and O–H groups in total. The Hall–Kier alpha value is -1.05. The van der Waals surface area contributed by atoms with Crippen molar-refractivity contribution in [1.82, 2.24) is 0 Å². The fraction of sp³-hybridized carbons (Fsp3) is 0.722. The predicted molar refractivity (Wildman–Crippen MR) is 84.5 cm³/mol. The topological polar surface area (TPSA) is 26.3 Å². The molecule has 0 bridgehead atoms. The molecule has 0 amide bonds. The molecule has 2 heteroatoms. The molecule has 0 saturated heterocycles. The minimum atomic E-state index is -0.208. The standard InChI is InChI=1S/C18H30O2/c1-6-20-17(19)13-16-8-7-15(12-16)11-14(2)9-10-18(3,4)5/h12-14H,6-11H2,1-5H3. The van der Waals surface area contributed by atoms with Crippen LogP contribution in [-0.4, -0.2) is 12.6 Å². The average Bonchev–Trinajstić information content (AvgIpc) is 2.73. The second-order valence-electron chi connectivity index (χ2n) is 7.18. The molecule has 2 nitrogen and oxygen atoms in total. The van der Waals surface area contributed by atoms with E-state index in [4.69, 9.17) is 4.74 Å². The highest BCUT2D eigenvalue weighted by Gasteiger charge is 2.16. The Labute approximate surface area is 124 Å². The van der Waals surface area contributed by atoms with Gasteiger partial charge in [-0.3, -0.25) is 0 Å². The van der Waals surface area contributed by atoms with Gasteiger partial charge < -0.3 is 4.74 Å². The van der Waals surface area contributed by atoms with Crippen LogP contribution in [0, 0.1) is 11.3 Å². The second-order valence-corrected chi connectivity index (χ2v) is 7.18. The molecule has 0 aliphatic heterocycles. The van der Waals surface area contributed by atoms with Gasteiger partial charge in [-0.2, -0.15) is 0 Å². The third-order valence-corrected chi connectivity index (χ3v) is 3.71. The number of hydrogen-bond donors (Lipinski definition) is 0. The van der Waals surface area contributed by atoms with Crippen molar-refractivity contribution in [2.24, 2.45) is 11.3 Å². The van der Waals surface area contributed by atoms with Gasteiger partial charge in [0.1, 0.15) is 0 Å². The van der Waals surface area contributed by atoms with Crippen LogP contribution in [0.15, 0.2) is 23.3 Å². The van der Waals surface area contributed by atoms with Crippen LogP contribution in [0.5, 0.6) is 0 Å². The number of carbonyl (C=O) groups excluding carboxylic acids is 1. The van der Waals surface area contributed by atoms with Crippen LogP contribution in [0.3, 0.4) is 0 Å². The molecule has 114 valence electrons. The first-order chi connectivity index (χ1) is 9.30. The van der Waals surface area contributed by atoms with Gasteiger partial charge in [-0.25, -0.2) is 4.79 Å². The van der Waals surface area contributed by atoms with Crippen LogP contribution in [-0.2, 0) is 9.53 Å².